The van der Waals surface area contributed by atoms with Crippen molar-refractivity contribution in [2.45, 2.75) is 33.2 Å². The first-order valence-electron chi connectivity index (χ1n) is 8.54. The van der Waals surface area contributed by atoms with Crippen molar-refractivity contribution >= 4 is 35.8 Å². The van der Waals surface area contributed by atoms with Gasteiger partial charge in [-0.05, 0) is 27.3 Å². The maximum absolute atomic E-state index is 11.8. The van der Waals surface area contributed by atoms with Crippen LogP contribution in [0.2, 0.25) is 0 Å². The SMILES string of the molecule is CCN1CCN(CCNC(=NC)NCC(=O)NC(C)(C)C)CC1.I. The summed E-state index contributed by atoms with van der Waals surface area (Å²) in [6.45, 7) is 15.8. The summed E-state index contributed by atoms with van der Waals surface area (Å²) >= 11 is 0. The fraction of sp³-hybridized carbons (Fsp3) is 0.875. The van der Waals surface area contributed by atoms with Crippen LogP contribution in [0.5, 0.6) is 0 Å². The Kier molecular flexibility index (Phi) is 11.6. The van der Waals surface area contributed by atoms with Crippen molar-refractivity contribution in [1.29, 1.82) is 0 Å². The number of nitrogens with one attached hydrogen (secondary N) is 3. The van der Waals surface area contributed by atoms with Crippen LogP contribution < -0.4 is 16.0 Å². The molecule has 0 spiro atoms. The van der Waals surface area contributed by atoms with Crippen LogP contribution in [-0.2, 0) is 4.79 Å². The minimum absolute atomic E-state index is 0. The van der Waals surface area contributed by atoms with E-state index in [1.807, 2.05) is 20.8 Å². The molecule has 1 saturated heterocycles. The first-order valence-corrected chi connectivity index (χ1v) is 8.54. The van der Waals surface area contributed by atoms with E-state index in [9.17, 15) is 4.79 Å². The van der Waals surface area contributed by atoms with E-state index in [2.05, 4.69) is 37.7 Å². The van der Waals surface area contributed by atoms with Gasteiger partial charge in [-0.3, -0.25) is 14.7 Å². The van der Waals surface area contributed by atoms with Gasteiger partial charge in [0.2, 0.25) is 5.91 Å². The highest BCUT2D eigenvalue weighted by Gasteiger charge is 2.15. The van der Waals surface area contributed by atoms with Crippen LogP contribution in [0.25, 0.3) is 0 Å². The van der Waals surface area contributed by atoms with Gasteiger partial charge in [-0.15, -0.1) is 24.0 Å². The molecule has 8 heteroatoms. The summed E-state index contributed by atoms with van der Waals surface area (Å²) in [5.41, 5.74) is -0.212. The summed E-state index contributed by atoms with van der Waals surface area (Å²) in [6.07, 6.45) is 0. The van der Waals surface area contributed by atoms with Crippen LogP contribution in [0.3, 0.4) is 0 Å². The largest absolute Gasteiger partial charge is 0.355 e. The number of amides is 1. The number of carbonyl (C=O) groups excluding carboxylic acids is 1. The van der Waals surface area contributed by atoms with E-state index in [0.717, 1.165) is 45.8 Å². The minimum Gasteiger partial charge on any atom is -0.355 e. The van der Waals surface area contributed by atoms with Gasteiger partial charge in [0.15, 0.2) is 5.96 Å². The molecular formula is C16H35IN6O. The van der Waals surface area contributed by atoms with Crippen LogP contribution in [0.4, 0.5) is 0 Å². The Bertz CT molecular complexity index is 389. The first-order chi connectivity index (χ1) is 10.8. The zero-order valence-corrected chi connectivity index (χ0v) is 18.1. The molecule has 1 fully saturated rings. The van der Waals surface area contributed by atoms with Crippen molar-refractivity contribution < 1.29 is 4.79 Å². The molecule has 1 heterocycles. The predicted octanol–water partition coefficient (Wildman–Crippen LogP) is 0.322. The van der Waals surface area contributed by atoms with E-state index in [-0.39, 0.29) is 42.0 Å². The van der Waals surface area contributed by atoms with Gasteiger partial charge in [0.1, 0.15) is 0 Å². The molecule has 3 N–H and O–H groups in total. The van der Waals surface area contributed by atoms with E-state index in [4.69, 9.17) is 0 Å². The van der Waals surface area contributed by atoms with Crippen LogP contribution in [0, 0.1) is 0 Å². The number of nitrogens with zero attached hydrogens (tertiary/aromatic N) is 3. The Morgan fingerprint density at radius 2 is 1.67 bits per heavy atom. The van der Waals surface area contributed by atoms with Gasteiger partial charge in [-0.1, -0.05) is 6.92 Å². The van der Waals surface area contributed by atoms with E-state index in [1.54, 1.807) is 7.05 Å². The zero-order valence-electron chi connectivity index (χ0n) is 15.8. The van der Waals surface area contributed by atoms with Crippen LogP contribution >= 0.6 is 24.0 Å². The molecule has 7 nitrogen and oxygen atoms in total. The van der Waals surface area contributed by atoms with Crippen molar-refractivity contribution in [2.75, 3.05) is 59.4 Å². The molecule has 0 aromatic carbocycles. The van der Waals surface area contributed by atoms with Crippen molar-refractivity contribution in [3.63, 3.8) is 0 Å². The highest BCUT2D eigenvalue weighted by Crippen LogP contribution is 2.00. The number of piperazine rings is 1. The second-order valence-electron chi connectivity index (χ2n) is 6.93. The molecule has 0 radical (unpaired) electrons. The Labute approximate surface area is 164 Å². The van der Waals surface area contributed by atoms with Crippen molar-refractivity contribution in [2.24, 2.45) is 4.99 Å². The molecule has 0 unspecified atom stereocenters. The molecule has 1 aliphatic rings. The van der Waals surface area contributed by atoms with Gasteiger partial charge in [-0.25, -0.2) is 0 Å². The third-order valence-electron chi connectivity index (χ3n) is 3.79. The van der Waals surface area contributed by atoms with E-state index in [0.29, 0.717) is 5.96 Å². The quantitative estimate of drug-likeness (QED) is 0.307. The van der Waals surface area contributed by atoms with Crippen molar-refractivity contribution in [1.82, 2.24) is 25.8 Å². The molecule has 24 heavy (non-hydrogen) atoms. The summed E-state index contributed by atoms with van der Waals surface area (Å²) in [5.74, 6) is 0.636. The average Bonchev–Trinajstić information content (AvgIpc) is 2.49. The molecule has 1 aliphatic heterocycles. The van der Waals surface area contributed by atoms with Crippen LogP contribution in [0.1, 0.15) is 27.7 Å². The molecule has 0 saturated carbocycles. The topological polar surface area (TPSA) is 72.0 Å². The molecule has 0 atom stereocenters. The van der Waals surface area contributed by atoms with Crippen LogP contribution in [-0.4, -0.2) is 86.6 Å². The fourth-order valence-electron chi connectivity index (χ4n) is 2.51. The van der Waals surface area contributed by atoms with Gasteiger partial charge < -0.3 is 20.9 Å². The summed E-state index contributed by atoms with van der Waals surface area (Å²) in [5, 5.41) is 9.23. The molecule has 0 bridgehead atoms. The monoisotopic (exact) mass is 454 g/mol. The number of aliphatic imine (C=N–C) groups is 1. The Balaban J connectivity index is 0.00000529. The fourth-order valence-corrected chi connectivity index (χ4v) is 2.51. The van der Waals surface area contributed by atoms with Gasteiger partial charge in [0.05, 0.1) is 6.54 Å². The number of rotatable bonds is 6. The lowest BCUT2D eigenvalue weighted by Crippen LogP contribution is -2.50. The second-order valence-corrected chi connectivity index (χ2v) is 6.93. The van der Waals surface area contributed by atoms with Gasteiger partial charge in [0, 0.05) is 51.9 Å². The maximum atomic E-state index is 11.8. The summed E-state index contributed by atoms with van der Waals surface area (Å²) in [7, 11) is 1.72. The van der Waals surface area contributed by atoms with Gasteiger partial charge in [0.25, 0.3) is 0 Å². The smallest absolute Gasteiger partial charge is 0.239 e. The number of hydrogen-bond acceptors (Lipinski definition) is 4. The minimum atomic E-state index is -0.212. The van der Waals surface area contributed by atoms with Crippen molar-refractivity contribution in [3.8, 4) is 0 Å². The Morgan fingerprint density at radius 1 is 1.08 bits per heavy atom. The molecule has 0 aliphatic carbocycles. The first kappa shape index (κ1) is 23.4. The standard InChI is InChI=1S/C16H34N6O.HI/c1-6-21-9-11-22(12-10-21)8-7-18-15(17-5)19-13-14(23)20-16(2,3)4;/h6-13H2,1-5H3,(H,20,23)(H2,17,18,19);1H. The number of halogens is 1. The molecule has 0 aromatic heterocycles. The highest BCUT2D eigenvalue weighted by atomic mass is 127. The van der Waals surface area contributed by atoms with Crippen molar-refractivity contribution in [3.05, 3.63) is 0 Å². The molecule has 1 amide bonds. The lowest BCUT2D eigenvalue weighted by molar-refractivity contribution is -0.121. The van der Waals surface area contributed by atoms with Gasteiger partial charge in [-0.2, -0.15) is 0 Å². The molecule has 0 aromatic rings. The number of guanidine groups is 1. The van der Waals surface area contributed by atoms with E-state index in [1.165, 1.54) is 0 Å². The number of carbonyl (C=O) groups is 1. The third-order valence-corrected chi connectivity index (χ3v) is 3.79. The maximum Gasteiger partial charge on any atom is 0.239 e. The lowest BCUT2D eigenvalue weighted by atomic mass is 10.1. The highest BCUT2D eigenvalue weighted by molar-refractivity contribution is 14.0. The van der Waals surface area contributed by atoms with Gasteiger partial charge >= 0.3 is 0 Å². The van der Waals surface area contributed by atoms with Crippen LogP contribution in [0.15, 0.2) is 4.99 Å². The Morgan fingerprint density at radius 3 is 2.17 bits per heavy atom. The third kappa shape index (κ3) is 10.3. The number of likely N-dealkylation sites (N-methyl/N-ethyl adjacent to an activating group) is 1. The Hall–Kier alpha value is -0.610. The normalized spacial score (nSPS) is 17.1. The number of hydrogen-bond donors (Lipinski definition) is 3. The predicted molar refractivity (Wildman–Crippen MR) is 111 cm³/mol. The summed E-state index contributed by atoms with van der Waals surface area (Å²) < 4.78 is 0. The van der Waals surface area contributed by atoms with E-state index >= 15 is 0 Å². The molecule has 1 rings (SSSR count). The zero-order chi connectivity index (χ0) is 17.3. The lowest BCUT2D eigenvalue weighted by Gasteiger charge is -2.34. The average molecular weight is 454 g/mol. The summed E-state index contributed by atoms with van der Waals surface area (Å²) in [6, 6.07) is 0. The molecule has 142 valence electrons. The van der Waals surface area contributed by atoms with E-state index < -0.39 is 0 Å². The second kappa shape index (κ2) is 11.9. The molecular weight excluding hydrogens is 419 g/mol. The summed E-state index contributed by atoms with van der Waals surface area (Å²) in [4.78, 5) is 20.9.